The molecule has 2 atom stereocenters. The van der Waals surface area contributed by atoms with Crippen LogP contribution >= 0.6 is 0 Å². The second kappa shape index (κ2) is 9.66. The van der Waals surface area contributed by atoms with Crippen LogP contribution in [0.2, 0.25) is 0 Å². The number of benzene rings is 1. The van der Waals surface area contributed by atoms with E-state index < -0.39 is 21.4 Å². The van der Waals surface area contributed by atoms with Gasteiger partial charge >= 0.3 is 0 Å². The number of aliphatic hydroxyl groups excluding tert-OH is 1. The minimum atomic E-state index is -4.22. The van der Waals surface area contributed by atoms with Gasteiger partial charge in [0, 0.05) is 6.92 Å². The molecule has 0 aliphatic carbocycles. The van der Waals surface area contributed by atoms with Crippen molar-refractivity contribution in [3.63, 3.8) is 0 Å². The highest BCUT2D eigenvalue weighted by Crippen LogP contribution is 2.38. The van der Waals surface area contributed by atoms with Gasteiger partial charge in [-0.1, -0.05) is 6.07 Å². The molecule has 0 aliphatic heterocycles. The molecule has 0 spiro atoms. The summed E-state index contributed by atoms with van der Waals surface area (Å²) in [6.45, 7) is 6.37. The SMILES string of the molecule is COc1cccc(OC)c1-n1c(NS(=O)(=O)[C@H](C)[C@H](O)c2oc(C)nc2C)nnc1-c1ccc(C)o1. The Hall–Kier alpha value is -3.84. The van der Waals surface area contributed by atoms with Crippen LogP contribution < -0.4 is 14.2 Å². The van der Waals surface area contributed by atoms with E-state index in [-0.39, 0.29) is 17.5 Å². The molecule has 3 heterocycles. The first-order valence-corrected chi connectivity index (χ1v) is 12.5. The molecule has 4 rings (SSSR count). The number of aliphatic hydroxyl groups is 1. The highest BCUT2D eigenvalue weighted by molar-refractivity contribution is 7.93. The summed E-state index contributed by atoms with van der Waals surface area (Å²) in [4.78, 5) is 4.10. The maximum atomic E-state index is 13.4. The minimum Gasteiger partial charge on any atom is -0.494 e. The van der Waals surface area contributed by atoms with E-state index in [2.05, 4.69) is 19.9 Å². The van der Waals surface area contributed by atoms with Crippen LogP contribution in [0, 0.1) is 20.8 Å². The van der Waals surface area contributed by atoms with Crippen LogP contribution in [-0.4, -0.2) is 52.7 Å². The van der Waals surface area contributed by atoms with Crippen molar-refractivity contribution in [2.75, 3.05) is 18.9 Å². The summed E-state index contributed by atoms with van der Waals surface area (Å²) in [7, 11) is -1.27. The summed E-state index contributed by atoms with van der Waals surface area (Å²) in [5.74, 6) is 2.16. The zero-order valence-corrected chi connectivity index (χ0v) is 21.5. The molecule has 0 saturated heterocycles. The predicted molar refractivity (Wildman–Crippen MR) is 130 cm³/mol. The number of hydrogen-bond acceptors (Lipinski definition) is 10. The highest BCUT2D eigenvalue weighted by Gasteiger charge is 2.35. The largest absolute Gasteiger partial charge is 0.494 e. The number of nitrogens with zero attached hydrogens (tertiary/aromatic N) is 4. The molecule has 0 bridgehead atoms. The van der Waals surface area contributed by atoms with Crippen molar-refractivity contribution in [2.24, 2.45) is 0 Å². The Labute approximate surface area is 207 Å². The normalized spacial score (nSPS) is 13.4. The third kappa shape index (κ3) is 4.54. The van der Waals surface area contributed by atoms with Gasteiger partial charge in [0.25, 0.3) is 0 Å². The first-order chi connectivity index (χ1) is 17.1. The lowest BCUT2D eigenvalue weighted by Gasteiger charge is -2.20. The summed E-state index contributed by atoms with van der Waals surface area (Å²) in [5, 5.41) is 17.7. The van der Waals surface area contributed by atoms with E-state index in [0.717, 1.165) is 0 Å². The van der Waals surface area contributed by atoms with Crippen LogP contribution in [0.15, 0.2) is 39.2 Å². The van der Waals surface area contributed by atoms with Gasteiger partial charge in [0.2, 0.25) is 21.8 Å². The monoisotopic (exact) mass is 517 g/mol. The van der Waals surface area contributed by atoms with Crippen molar-refractivity contribution in [3.05, 3.63) is 53.4 Å². The first-order valence-electron chi connectivity index (χ1n) is 10.9. The number of aryl methyl sites for hydroxylation is 3. The number of sulfonamides is 1. The molecular weight excluding hydrogens is 490 g/mol. The second-order valence-corrected chi connectivity index (χ2v) is 10.1. The molecule has 192 valence electrons. The van der Waals surface area contributed by atoms with E-state index >= 15 is 0 Å². The number of para-hydroxylation sites is 1. The Balaban J connectivity index is 1.83. The lowest BCUT2D eigenvalue weighted by molar-refractivity contribution is 0.146. The van der Waals surface area contributed by atoms with E-state index in [1.165, 1.54) is 25.7 Å². The summed E-state index contributed by atoms with van der Waals surface area (Å²) in [5.41, 5.74) is 0.753. The smallest absolute Gasteiger partial charge is 0.243 e. The lowest BCUT2D eigenvalue weighted by atomic mass is 10.2. The molecule has 0 radical (unpaired) electrons. The van der Waals surface area contributed by atoms with Crippen LogP contribution in [0.5, 0.6) is 11.5 Å². The van der Waals surface area contributed by atoms with E-state index in [0.29, 0.717) is 40.3 Å². The maximum Gasteiger partial charge on any atom is 0.243 e. The molecule has 1 aromatic carbocycles. The van der Waals surface area contributed by atoms with Gasteiger partial charge in [0.05, 0.1) is 19.9 Å². The van der Waals surface area contributed by atoms with Crippen molar-refractivity contribution in [3.8, 4) is 28.8 Å². The summed E-state index contributed by atoms with van der Waals surface area (Å²) in [6.07, 6.45) is -1.48. The molecule has 3 aromatic heterocycles. The number of aromatic nitrogens is 4. The minimum absolute atomic E-state index is 0.0741. The summed E-state index contributed by atoms with van der Waals surface area (Å²) >= 11 is 0. The molecule has 0 saturated carbocycles. The van der Waals surface area contributed by atoms with Crippen molar-refractivity contribution < 1.29 is 31.8 Å². The van der Waals surface area contributed by atoms with Gasteiger partial charge in [-0.25, -0.2) is 13.4 Å². The fourth-order valence-corrected chi connectivity index (χ4v) is 4.79. The number of rotatable bonds is 9. The van der Waals surface area contributed by atoms with Gasteiger partial charge in [-0.15, -0.1) is 10.2 Å². The van der Waals surface area contributed by atoms with Crippen molar-refractivity contribution in [1.29, 1.82) is 0 Å². The van der Waals surface area contributed by atoms with Crippen LogP contribution in [0.4, 0.5) is 5.95 Å². The second-order valence-electron chi connectivity index (χ2n) is 8.08. The fraction of sp³-hybridized carbons (Fsp3) is 0.348. The van der Waals surface area contributed by atoms with Crippen LogP contribution in [0.3, 0.4) is 0 Å². The first kappa shape index (κ1) is 25.3. The van der Waals surface area contributed by atoms with Gasteiger partial charge in [0.1, 0.15) is 34.3 Å². The molecule has 0 unspecified atom stereocenters. The Morgan fingerprint density at radius 1 is 1.03 bits per heavy atom. The molecule has 0 aliphatic rings. The van der Waals surface area contributed by atoms with Gasteiger partial charge in [-0.05, 0) is 45.0 Å². The predicted octanol–water partition coefficient (Wildman–Crippen LogP) is 3.32. The van der Waals surface area contributed by atoms with E-state index in [4.69, 9.17) is 18.3 Å². The van der Waals surface area contributed by atoms with Crippen LogP contribution in [0.25, 0.3) is 17.3 Å². The van der Waals surface area contributed by atoms with Gasteiger partial charge in [-0.3, -0.25) is 9.29 Å². The van der Waals surface area contributed by atoms with Gasteiger partial charge < -0.3 is 23.4 Å². The Morgan fingerprint density at radius 2 is 1.69 bits per heavy atom. The quantitative estimate of drug-likeness (QED) is 0.338. The fourth-order valence-electron chi connectivity index (χ4n) is 3.75. The third-order valence-corrected chi connectivity index (χ3v) is 7.33. The molecule has 0 amide bonds. The highest BCUT2D eigenvalue weighted by atomic mass is 32.2. The number of anilines is 1. The summed E-state index contributed by atoms with van der Waals surface area (Å²) in [6, 6.07) is 8.55. The number of nitrogens with one attached hydrogen (secondary N) is 1. The zero-order valence-electron chi connectivity index (χ0n) is 20.6. The molecule has 13 heteroatoms. The Bertz CT molecular complexity index is 1470. The third-order valence-electron chi connectivity index (χ3n) is 5.62. The van der Waals surface area contributed by atoms with E-state index in [1.807, 2.05) is 0 Å². The topological polar surface area (TPSA) is 155 Å². The van der Waals surface area contributed by atoms with Crippen LogP contribution in [0.1, 0.15) is 36.1 Å². The zero-order chi connectivity index (χ0) is 26.2. The lowest BCUT2D eigenvalue weighted by Crippen LogP contribution is -2.32. The molecular formula is C23H27N5O7S. The van der Waals surface area contributed by atoms with E-state index in [9.17, 15) is 13.5 Å². The molecule has 2 N–H and O–H groups in total. The maximum absolute atomic E-state index is 13.4. The number of ether oxygens (including phenoxy) is 2. The van der Waals surface area contributed by atoms with Crippen molar-refractivity contribution >= 4 is 16.0 Å². The molecule has 36 heavy (non-hydrogen) atoms. The van der Waals surface area contributed by atoms with Crippen molar-refractivity contribution in [1.82, 2.24) is 19.7 Å². The average molecular weight is 518 g/mol. The van der Waals surface area contributed by atoms with Crippen LogP contribution in [-0.2, 0) is 10.0 Å². The molecule has 0 fully saturated rings. The van der Waals surface area contributed by atoms with Gasteiger partial charge in [0.15, 0.2) is 17.4 Å². The Morgan fingerprint density at radius 3 is 2.22 bits per heavy atom. The number of methoxy groups -OCH3 is 2. The molecule has 4 aromatic rings. The number of oxazole rings is 1. The average Bonchev–Trinajstić information content (AvgIpc) is 3.55. The van der Waals surface area contributed by atoms with E-state index in [1.54, 1.807) is 51.1 Å². The summed E-state index contributed by atoms with van der Waals surface area (Å²) < 4.78 is 52.8. The number of furan rings is 1. The molecule has 12 nitrogen and oxygen atoms in total. The Kier molecular flexibility index (Phi) is 6.78. The standard InChI is InChI=1S/C23H27N5O7S/c1-12-10-11-18(34-12)22-25-26-23(28(22)19-16(32-5)8-7-9-17(19)33-6)27-36(30,31)14(3)20(29)21-13(2)24-15(4)35-21/h7-11,14,20,29H,1-6H3,(H,26,27)/t14-,20+/m1/s1. The van der Waals surface area contributed by atoms with Crippen molar-refractivity contribution in [2.45, 2.75) is 39.0 Å². The number of hydrogen-bond donors (Lipinski definition) is 2. The van der Waals surface area contributed by atoms with Gasteiger partial charge in [-0.2, -0.15) is 0 Å².